The summed E-state index contributed by atoms with van der Waals surface area (Å²) in [6.07, 6.45) is 1.63. The summed E-state index contributed by atoms with van der Waals surface area (Å²) in [5.41, 5.74) is 0.803. The monoisotopic (exact) mass is 286 g/mol. The fourth-order valence-corrected chi connectivity index (χ4v) is 2.26. The summed E-state index contributed by atoms with van der Waals surface area (Å²) in [5.74, 6) is -0.909. The Morgan fingerprint density at radius 3 is 2.81 bits per heavy atom. The third-order valence-electron chi connectivity index (χ3n) is 3.54. The van der Waals surface area contributed by atoms with Gasteiger partial charge in [0.1, 0.15) is 5.75 Å². The Morgan fingerprint density at radius 2 is 2.05 bits per heavy atom. The Hall–Kier alpha value is -2.63. The van der Waals surface area contributed by atoms with Gasteiger partial charge in [0.05, 0.1) is 11.4 Å². The van der Waals surface area contributed by atoms with Crippen molar-refractivity contribution in [3.63, 3.8) is 0 Å². The molecular weight excluding hydrogens is 272 g/mol. The summed E-state index contributed by atoms with van der Waals surface area (Å²) in [7, 11) is 0. The molecule has 6 heteroatoms. The summed E-state index contributed by atoms with van der Waals surface area (Å²) in [4.78, 5) is 28.3. The molecule has 0 aliphatic carbocycles. The van der Waals surface area contributed by atoms with Crippen LogP contribution in [0.1, 0.15) is 0 Å². The molecule has 0 saturated carbocycles. The van der Waals surface area contributed by atoms with Crippen molar-refractivity contribution in [2.45, 2.75) is 0 Å². The highest BCUT2D eigenvalue weighted by molar-refractivity contribution is 5.86. The molecule has 2 heterocycles. The smallest absolute Gasteiger partial charge is 0.310 e. The van der Waals surface area contributed by atoms with Crippen molar-refractivity contribution in [2.75, 3.05) is 19.7 Å². The summed E-state index contributed by atoms with van der Waals surface area (Å²) in [6, 6.07) is 9.23. The molecule has 0 bridgehead atoms. The second kappa shape index (κ2) is 5.40. The number of carbonyl (C=O) groups excluding carboxylic acids is 1. The standard InChI is InChI=1S/C15H14N2O4/c18-14(17-7-10(8-17)15(19)20)9-21-13-5-6-16-12-4-2-1-3-11(12)13/h1-6,10H,7-9H2,(H,19,20). The lowest BCUT2D eigenvalue weighted by molar-refractivity contribution is -0.153. The summed E-state index contributed by atoms with van der Waals surface area (Å²) >= 11 is 0. The molecule has 1 aliphatic heterocycles. The number of aromatic nitrogens is 1. The minimum absolute atomic E-state index is 0.0969. The molecule has 1 N–H and O–H groups in total. The predicted octanol–water partition coefficient (Wildman–Crippen LogP) is 1.16. The van der Waals surface area contributed by atoms with Gasteiger partial charge in [-0.15, -0.1) is 0 Å². The van der Waals surface area contributed by atoms with Gasteiger partial charge in [-0.2, -0.15) is 0 Å². The average molecular weight is 286 g/mol. The van der Waals surface area contributed by atoms with Gasteiger partial charge in [0.25, 0.3) is 5.91 Å². The summed E-state index contributed by atoms with van der Waals surface area (Å²) in [5, 5.41) is 9.63. The molecule has 0 radical (unpaired) electrons. The molecule has 21 heavy (non-hydrogen) atoms. The lowest BCUT2D eigenvalue weighted by Crippen LogP contribution is -2.54. The molecule has 2 aromatic rings. The van der Waals surface area contributed by atoms with Crippen LogP contribution in [0.2, 0.25) is 0 Å². The van der Waals surface area contributed by atoms with E-state index in [4.69, 9.17) is 9.84 Å². The zero-order valence-corrected chi connectivity index (χ0v) is 11.2. The molecular formula is C15H14N2O4. The number of rotatable bonds is 4. The zero-order chi connectivity index (χ0) is 14.8. The van der Waals surface area contributed by atoms with Gasteiger partial charge in [-0.1, -0.05) is 12.1 Å². The lowest BCUT2D eigenvalue weighted by Gasteiger charge is -2.36. The Labute approximate surface area is 121 Å². The minimum Gasteiger partial charge on any atom is -0.483 e. The van der Waals surface area contributed by atoms with Crippen molar-refractivity contribution < 1.29 is 19.4 Å². The van der Waals surface area contributed by atoms with Gasteiger partial charge in [-0.3, -0.25) is 14.6 Å². The van der Waals surface area contributed by atoms with Crippen LogP contribution in [0, 0.1) is 5.92 Å². The van der Waals surface area contributed by atoms with E-state index in [-0.39, 0.29) is 25.6 Å². The fourth-order valence-electron chi connectivity index (χ4n) is 2.26. The van der Waals surface area contributed by atoms with Gasteiger partial charge in [0.15, 0.2) is 6.61 Å². The third-order valence-corrected chi connectivity index (χ3v) is 3.54. The number of benzene rings is 1. The first-order valence-corrected chi connectivity index (χ1v) is 6.62. The largest absolute Gasteiger partial charge is 0.483 e. The molecule has 1 aromatic heterocycles. The molecule has 0 unspecified atom stereocenters. The number of likely N-dealkylation sites (tertiary alicyclic amines) is 1. The van der Waals surface area contributed by atoms with Crippen LogP contribution in [-0.4, -0.2) is 46.6 Å². The molecule has 3 rings (SSSR count). The van der Waals surface area contributed by atoms with E-state index in [0.717, 1.165) is 10.9 Å². The average Bonchev–Trinajstić information content (AvgIpc) is 2.43. The topological polar surface area (TPSA) is 79.7 Å². The van der Waals surface area contributed by atoms with E-state index in [0.29, 0.717) is 5.75 Å². The van der Waals surface area contributed by atoms with Crippen LogP contribution in [0.5, 0.6) is 5.75 Å². The van der Waals surface area contributed by atoms with E-state index in [1.807, 2.05) is 24.3 Å². The Kier molecular flexibility index (Phi) is 3.43. The van der Waals surface area contributed by atoms with E-state index in [1.165, 1.54) is 4.90 Å². The van der Waals surface area contributed by atoms with Crippen molar-refractivity contribution in [2.24, 2.45) is 5.92 Å². The van der Waals surface area contributed by atoms with E-state index in [2.05, 4.69) is 4.98 Å². The van der Waals surface area contributed by atoms with Gasteiger partial charge < -0.3 is 14.7 Å². The van der Waals surface area contributed by atoms with Crippen LogP contribution in [-0.2, 0) is 9.59 Å². The minimum atomic E-state index is -0.861. The molecule has 1 fully saturated rings. The fraction of sp³-hybridized carbons (Fsp3) is 0.267. The van der Waals surface area contributed by atoms with Gasteiger partial charge >= 0.3 is 5.97 Å². The number of amides is 1. The number of nitrogens with zero attached hydrogens (tertiary/aromatic N) is 2. The molecule has 0 atom stereocenters. The highest BCUT2D eigenvalue weighted by Gasteiger charge is 2.35. The maximum absolute atomic E-state index is 11.9. The zero-order valence-electron chi connectivity index (χ0n) is 11.2. The van der Waals surface area contributed by atoms with Crippen LogP contribution < -0.4 is 4.74 Å². The van der Waals surface area contributed by atoms with Crippen molar-refractivity contribution in [3.8, 4) is 5.75 Å². The predicted molar refractivity (Wildman–Crippen MR) is 74.9 cm³/mol. The van der Waals surface area contributed by atoms with Crippen LogP contribution in [0.15, 0.2) is 36.5 Å². The summed E-state index contributed by atoms with van der Waals surface area (Å²) in [6.45, 7) is 0.420. The van der Waals surface area contributed by atoms with Crippen molar-refractivity contribution in [1.82, 2.24) is 9.88 Å². The SMILES string of the molecule is O=C(O)C1CN(C(=O)COc2ccnc3ccccc23)C1. The number of hydrogen-bond acceptors (Lipinski definition) is 4. The second-order valence-corrected chi connectivity index (χ2v) is 4.95. The molecule has 1 aliphatic rings. The van der Waals surface area contributed by atoms with Crippen LogP contribution in [0.3, 0.4) is 0 Å². The molecule has 1 amide bonds. The molecule has 0 spiro atoms. The second-order valence-electron chi connectivity index (χ2n) is 4.95. The van der Waals surface area contributed by atoms with Crippen molar-refractivity contribution >= 4 is 22.8 Å². The number of aliphatic carboxylic acids is 1. The first-order valence-electron chi connectivity index (χ1n) is 6.62. The molecule has 1 aromatic carbocycles. The van der Waals surface area contributed by atoms with Gasteiger partial charge in [-0.25, -0.2) is 0 Å². The van der Waals surface area contributed by atoms with Gasteiger partial charge in [0.2, 0.25) is 0 Å². The van der Waals surface area contributed by atoms with Crippen LogP contribution >= 0.6 is 0 Å². The Morgan fingerprint density at radius 1 is 1.29 bits per heavy atom. The van der Waals surface area contributed by atoms with E-state index < -0.39 is 11.9 Å². The molecule has 1 saturated heterocycles. The normalized spacial score (nSPS) is 14.8. The number of carboxylic acid groups (broad SMARTS) is 1. The first-order chi connectivity index (χ1) is 10.1. The van der Waals surface area contributed by atoms with E-state index in [9.17, 15) is 9.59 Å². The number of para-hydroxylation sites is 1. The van der Waals surface area contributed by atoms with Crippen molar-refractivity contribution in [1.29, 1.82) is 0 Å². The number of fused-ring (bicyclic) bond motifs is 1. The van der Waals surface area contributed by atoms with E-state index >= 15 is 0 Å². The maximum Gasteiger partial charge on any atom is 0.310 e. The summed E-state index contributed by atoms with van der Waals surface area (Å²) < 4.78 is 5.56. The van der Waals surface area contributed by atoms with E-state index in [1.54, 1.807) is 12.3 Å². The number of carboxylic acids is 1. The number of hydrogen-bond donors (Lipinski definition) is 1. The van der Waals surface area contributed by atoms with Crippen molar-refractivity contribution in [3.05, 3.63) is 36.5 Å². The van der Waals surface area contributed by atoms with Gasteiger partial charge in [0, 0.05) is 24.7 Å². The van der Waals surface area contributed by atoms with Crippen LogP contribution in [0.25, 0.3) is 10.9 Å². The first kappa shape index (κ1) is 13.4. The van der Waals surface area contributed by atoms with Gasteiger partial charge in [-0.05, 0) is 18.2 Å². The Balaban J connectivity index is 1.62. The number of ether oxygens (including phenoxy) is 1. The molecule has 108 valence electrons. The highest BCUT2D eigenvalue weighted by atomic mass is 16.5. The maximum atomic E-state index is 11.9. The Bertz CT molecular complexity index is 690. The third kappa shape index (κ3) is 2.65. The van der Waals surface area contributed by atoms with Crippen LogP contribution in [0.4, 0.5) is 0 Å². The highest BCUT2D eigenvalue weighted by Crippen LogP contribution is 2.23. The quantitative estimate of drug-likeness (QED) is 0.912. The number of carbonyl (C=O) groups is 2. The number of pyridine rings is 1. The lowest BCUT2D eigenvalue weighted by atomic mass is 10.0. The molecule has 6 nitrogen and oxygen atoms in total.